The zero-order valence-electron chi connectivity index (χ0n) is 21.1. The van der Waals surface area contributed by atoms with Crippen molar-refractivity contribution < 1.29 is 4.79 Å². The predicted molar refractivity (Wildman–Crippen MR) is 153 cm³/mol. The van der Waals surface area contributed by atoms with E-state index in [1.165, 1.54) is 12.8 Å². The van der Waals surface area contributed by atoms with Crippen LogP contribution in [0.2, 0.25) is 0 Å². The van der Waals surface area contributed by atoms with Crippen molar-refractivity contribution in [3.63, 3.8) is 0 Å². The zero-order valence-corrected chi connectivity index (χ0v) is 21.1. The lowest BCUT2D eigenvalue weighted by molar-refractivity contribution is 0.112. The van der Waals surface area contributed by atoms with Gasteiger partial charge >= 0.3 is 0 Å². The standard InChI is InChI=1S/C33H31N3O/c1-2-3-10-23-36(29-19-15-25(24-37)16-20-29)30-21-17-28(18-22-30)33-34-31(26-11-6-4-7-12-26)32(35-33)27-13-8-5-9-14-27/h4-9,11-22,24H,2-3,10,23H2,1H3,(H,34,35). The fourth-order valence-electron chi connectivity index (χ4n) is 4.59. The first kappa shape index (κ1) is 24.3. The predicted octanol–water partition coefficient (Wildman–Crippen LogP) is 8.55. The molecule has 1 N–H and O–H groups in total. The van der Waals surface area contributed by atoms with E-state index >= 15 is 0 Å². The van der Waals surface area contributed by atoms with Gasteiger partial charge < -0.3 is 9.88 Å². The smallest absolute Gasteiger partial charge is 0.150 e. The van der Waals surface area contributed by atoms with Crippen molar-refractivity contribution in [2.75, 3.05) is 11.4 Å². The molecule has 4 heteroatoms. The number of hydrogen-bond donors (Lipinski definition) is 1. The third-order valence-corrected chi connectivity index (χ3v) is 6.59. The number of aromatic nitrogens is 2. The Morgan fingerprint density at radius 2 is 1.30 bits per heavy atom. The molecule has 0 saturated carbocycles. The maximum absolute atomic E-state index is 11.1. The Hall–Kier alpha value is -4.44. The average molecular weight is 486 g/mol. The lowest BCUT2D eigenvalue weighted by atomic mass is 10.1. The van der Waals surface area contributed by atoms with E-state index in [2.05, 4.69) is 65.3 Å². The van der Waals surface area contributed by atoms with Crippen LogP contribution in [0.4, 0.5) is 11.4 Å². The number of rotatable bonds is 10. The molecule has 37 heavy (non-hydrogen) atoms. The van der Waals surface area contributed by atoms with Crippen molar-refractivity contribution in [2.45, 2.75) is 26.2 Å². The van der Waals surface area contributed by atoms with Crippen molar-refractivity contribution in [1.29, 1.82) is 0 Å². The van der Waals surface area contributed by atoms with E-state index in [-0.39, 0.29) is 0 Å². The molecule has 4 nitrogen and oxygen atoms in total. The number of unbranched alkanes of at least 4 members (excludes halogenated alkanes) is 2. The Morgan fingerprint density at radius 1 is 0.703 bits per heavy atom. The summed E-state index contributed by atoms with van der Waals surface area (Å²) in [7, 11) is 0. The number of carbonyl (C=O) groups is 1. The molecule has 0 aliphatic carbocycles. The van der Waals surface area contributed by atoms with Gasteiger partial charge in [-0.25, -0.2) is 4.98 Å². The third kappa shape index (κ3) is 5.54. The number of aldehydes is 1. The SMILES string of the molecule is CCCCCN(c1ccc(C=O)cc1)c1ccc(-c2nc(-c3ccccc3)c(-c3ccccc3)[nH]2)cc1. The van der Waals surface area contributed by atoms with Gasteiger partial charge in [0.15, 0.2) is 0 Å². The molecule has 0 spiro atoms. The van der Waals surface area contributed by atoms with E-state index in [9.17, 15) is 4.79 Å². The number of benzene rings is 4. The number of carbonyl (C=O) groups excluding carboxylic acids is 1. The summed E-state index contributed by atoms with van der Waals surface area (Å²) in [6.07, 6.45) is 4.34. The van der Waals surface area contributed by atoms with Crippen molar-refractivity contribution in [2.24, 2.45) is 0 Å². The minimum absolute atomic E-state index is 0.689. The van der Waals surface area contributed by atoms with E-state index in [0.717, 1.165) is 64.5 Å². The van der Waals surface area contributed by atoms with Crippen LogP contribution in [0.25, 0.3) is 33.9 Å². The molecule has 4 aromatic carbocycles. The summed E-state index contributed by atoms with van der Waals surface area (Å²) >= 11 is 0. The lowest BCUT2D eigenvalue weighted by Gasteiger charge is -2.25. The fourth-order valence-corrected chi connectivity index (χ4v) is 4.59. The molecule has 1 heterocycles. The summed E-state index contributed by atoms with van der Waals surface area (Å²) in [6, 6.07) is 37.0. The second-order valence-electron chi connectivity index (χ2n) is 9.16. The molecule has 0 aliphatic heterocycles. The maximum atomic E-state index is 11.1. The van der Waals surface area contributed by atoms with Crippen LogP contribution in [0.1, 0.15) is 36.5 Å². The molecule has 5 aromatic rings. The van der Waals surface area contributed by atoms with Gasteiger partial charge in [-0.15, -0.1) is 0 Å². The molecular weight excluding hydrogens is 454 g/mol. The largest absolute Gasteiger partial charge is 0.341 e. The minimum atomic E-state index is 0.689. The van der Waals surface area contributed by atoms with Gasteiger partial charge in [0.2, 0.25) is 0 Å². The van der Waals surface area contributed by atoms with E-state index in [1.54, 1.807) is 0 Å². The summed E-state index contributed by atoms with van der Waals surface area (Å²) in [4.78, 5) is 22.1. The molecule has 0 amide bonds. The van der Waals surface area contributed by atoms with Gasteiger partial charge in [-0.1, -0.05) is 80.4 Å². The average Bonchev–Trinajstić information content (AvgIpc) is 3.42. The van der Waals surface area contributed by atoms with E-state index in [0.29, 0.717) is 5.56 Å². The highest BCUT2D eigenvalue weighted by Crippen LogP contribution is 2.34. The molecule has 0 fully saturated rings. The van der Waals surface area contributed by atoms with Gasteiger partial charge in [-0.3, -0.25) is 4.79 Å². The molecule has 184 valence electrons. The highest BCUT2D eigenvalue weighted by molar-refractivity contribution is 5.81. The fraction of sp³-hybridized carbons (Fsp3) is 0.152. The Bertz CT molecular complexity index is 1370. The first-order valence-electron chi connectivity index (χ1n) is 12.9. The number of anilines is 2. The molecule has 0 atom stereocenters. The quantitative estimate of drug-likeness (QED) is 0.159. The van der Waals surface area contributed by atoms with Crippen LogP contribution in [-0.2, 0) is 0 Å². The Morgan fingerprint density at radius 3 is 1.89 bits per heavy atom. The topological polar surface area (TPSA) is 49.0 Å². The van der Waals surface area contributed by atoms with E-state index < -0.39 is 0 Å². The maximum Gasteiger partial charge on any atom is 0.150 e. The molecule has 0 unspecified atom stereocenters. The van der Waals surface area contributed by atoms with E-state index in [4.69, 9.17) is 4.98 Å². The number of nitrogens with one attached hydrogen (secondary N) is 1. The van der Waals surface area contributed by atoms with Gasteiger partial charge in [0.1, 0.15) is 12.1 Å². The van der Waals surface area contributed by atoms with Gasteiger partial charge in [-0.05, 0) is 55.0 Å². The second-order valence-corrected chi connectivity index (χ2v) is 9.16. The van der Waals surface area contributed by atoms with Crippen LogP contribution in [-0.4, -0.2) is 22.8 Å². The summed E-state index contributed by atoms with van der Waals surface area (Å²) in [5.74, 6) is 0.845. The van der Waals surface area contributed by atoms with Crippen molar-refractivity contribution in [3.05, 3.63) is 115 Å². The Labute approximate surface area is 218 Å². The highest BCUT2D eigenvalue weighted by atomic mass is 16.1. The number of nitrogens with zero attached hydrogens (tertiary/aromatic N) is 2. The van der Waals surface area contributed by atoms with Crippen LogP contribution in [0.3, 0.4) is 0 Å². The first-order chi connectivity index (χ1) is 18.3. The summed E-state index contributed by atoms with van der Waals surface area (Å²) in [5.41, 5.74) is 8.09. The lowest BCUT2D eigenvalue weighted by Crippen LogP contribution is -2.18. The minimum Gasteiger partial charge on any atom is -0.341 e. The Kier molecular flexibility index (Phi) is 7.56. The first-order valence-corrected chi connectivity index (χ1v) is 12.9. The monoisotopic (exact) mass is 485 g/mol. The molecule has 5 rings (SSSR count). The normalized spacial score (nSPS) is 10.8. The molecule has 0 saturated heterocycles. The number of imidazole rings is 1. The number of aromatic amines is 1. The number of hydrogen-bond acceptors (Lipinski definition) is 3. The third-order valence-electron chi connectivity index (χ3n) is 6.59. The Balaban J connectivity index is 1.49. The van der Waals surface area contributed by atoms with Gasteiger partial charge in [-0.2, -0.15) is 0 Å². The molecular formula is C33H31N3O. The van der Waals surface area contributed by atoms with Gasteiger partial charge in [0.05, 0.1) is 11.4 Å². The molecule has 0 bridgehead atoms. The number of H-pyrrole nitrogens is 1. The highest BCUT2D eigenvalue weighted by Gasteiger charge is 2.16. The van der Waals surface area contributed by atoms with E-state index in [1.807, 2.05) is 60.7 Å². The summed E-state index contributed by atoms with van der Waals surface area (Å²) < 4.78 is 0. The molecule has 0 radical (unpaired) electrons. The van der Waals surface area contributed by atoms with Crippen LogP contribution in [0.5, 0.6) is 0 Å². The van der Waals surface area contributed by atoms with Crippen molar-refractivity contribution in [1.82, 2.24) is 9.97 Å². The van der Waals surface area contributed by atoms with Crippen molar-refractivity contribution in [3.8, 4) is 33.9 Å². The van der Waals surface area contributed by atoms with Crippen LogP contribution in [0, 0.1) is 0 Å². The zero-order chi connectivity index (χ0) is 25.5. The van der Waals surface area contributed by atoms with Crippen LogP contribution < -0.4 is 4.90 Å². The molecule has 0 aliphatic rings. The van der Waals surface area contributed by atoms with Gasteiger partial charge in [0.25, 0.3) is 0 Å². The van der Waals surface area contributed by atoms with Crippen molar-refractivity contribution >= 4 is 17.7 Å². The second kappa shape index (κ2) is 11.5. The molecule has 1 aromatic heterocycles. The van der Waals surface area contributed by atoms with Gasteiger partial charge in [0, 0.05) is 40.2 Å². The van der Waals surface area contributed by atoms with Crippen LogP contribution >= 0.6 is 0 Å². The summed E-state index contributed by atoms with van der Waals surface area (Å²) in [6.45, 7) is 3.14. The van der Waals surface area contributed by atoms with Crippen LogP contribution in [0.15, 0.2) is 109 Å². The summed E-state index contributed by atoms with van der Waals surface area (Å²) in [5, 5.41) is 0.